The summed E-state index contributed by atoms with van der Waals surface area (Å²) >= 11 is 0. The zero-order valence-electron chi connectivity index (χ0n) is 6.79. The molecule has 2 N–H and O–H groups in total. The van der Waals surface area contributed by atoms with E-state index in [1.165, 1.54) is 25.7 Å². The van der Waals surface area contributed by atoms with Gasteiger partial charge in [-0.15, -0.1) is 0 Å². The molecule has 4 unspecified atom stereocenters. The van der Waals surface area contributed by atoms with Crippen LogP contribution in [-0.2, 0) is 0 Å². The van der Waals surface area contributed by atoms with E-state index in [4.69, 9.17) is 5.73 Å². The first kappa shape index (κ1) is 6.24. The summed E-state index contributed by atoms with van der Waals surface area (Å²) < 4.78 is 0. The van der Waals surface area contributed by atoms with Gasteiger partial charge in [-0.2, -0.15) is 0 Å². The number of rotatable bonds is 0. The second-order valence-corrected chi connectivity index (χ2v) is 4.49. The highest BCUT2D eigenvalue weighted by Crippen LogP contribution is 2.53. The molecule has 3 rings (SSSR count). The van der Waals surface area contributed by atoms with Crippen molar-refractivity contribution < 1.29 is 0 Å². The normalized spacial score (nSPS) is 53.0. The molecule has 0 heterocycles. The van der Waals surface area contributed by atoms with Crippen LogP contribution in [0, 0.1) is 17.8 Å². The van der Waals surface area contributed by atoms with Gasteiger partial charge in [0, 0.05) is 6.04 Å². The number of hydrogen-bond donors (Lipinski definition) is 1. The average Bonchev–Trinajstić information content (AvgIpc) is 2.45. The van der Waals surface area contributed by atoms with E-state index in [1.54, 1.807) is 5.57 Å². The number of fused-ring (bicyclic) bond motifs is 1. The molecular formula is C10H15N. The van der Waals surface area contributed by atoms with Crippen molar-refractivity contribution in [3.05, 3.63) is 11.6 Å². The van der Waals surface area contributed by atoms with E-state index in [9.17, 15) is 0 Å². The molecule has 60 valence electrons. The zero-order valence-corrected chi connectivity index (χ0v) is 6.79. The predicted molar refractivity (Wildman–Crippen MR) is 45.0 cm³/mol. The molecule has 0 aromatic heterocycles. The Morgan fingerprint density at radius 1 is 1.36 bits per heavy atom. The van der Waals surface area contributed by atoms with E-state index >= 15 is 0 Å². The first-order valence-corrected chi connectivity index (χ1v) is 4.79. The molecule has 11 heavy (non-hydrogen) atoms. The maximum atomic E-state index is 6.07. The summed E-state index contributed by atoms with van der Waals surface area (Å²) in [5.74, 6) is 2.79. The molecule has 1 heteroatoms. The quantitative estimate of drug-likeness (QED) is 0.521. The highest BCUT2D eigenvalue weighted by Gasteiger charge is 2.46. The Morgan fingerprint density at radius 2 is 2.27 bits per heavy atom. The van der Waals surface area contributed by atoms with Crippen LogP contribution in [-0.4, -0.2) is 6.04 Å². The third-order valence-electron chi connectivity index (χ3n) is 3.92. The van der Waals surface area contributed by atoms with Crippen LogP contribution < -0.4 is 5.73 Å². The lowest BCUT2D eigenvalue weighted by Crippen LogP contribution is -2.25. The third kappa shape index (κ3) is 0.698. The van der Waals surface area contributed by atoms with Crippen LogP contribution in [0.5, 0.6) is 0 Å². The maximum absolute atomic E-state index is 6.07. The topological polar surface area (TPSA) is 26.0 Å². The molecule has 3 aliphatic carbocycles. The fourth-order valence-corrected chi connectivity index (χ4v) is 3.40. The van der Waals surface area contributed by atoms with Gasteiger partial charge in [0.2, 0.25) is 0 Å². The summed E-state index contributed by atoms with van der Waals surface area (Å²) in [7, 11) is 0. The summed E-state index contributed by atoms with van der Waals surface area (Å²) in [4.78, 5) is 0. The van der Waals surface area contributed by atoms with Crippen molar-refractivity contribution in [1.29, 1.82) is 0 Å². The molecule has 3 aliphatic rings. The van der Waals surface area contributed by atoms with Crippen molar-refractivity contribution in [2.75, 3.05) is 0 Å². The van der Waals surface area contributed by atoms with Crippen molar-refractivity contribution in [1.82, 2.24) is 0 Å². The largest absolute Gasteiger partial charge is 0.327 e. The average molecular weight is 149 g/mol. The van der Waals surface area contributed by atoms with Crippen LogP contribution in [0.15, 0.2) is 11.6 Å². The van der Waals surface area contributed by atoms with Gasteiger partial charge in [0.05, 0.1) is 0 Å². The minimum atomic E-state index is 0.511. The van der Waals surface area contributed by atoms with E-state index in [2.05, 4.69) is 6.08 Å². The molecule has 0 amide bonds. The second kappa shape index (κ2) is 1.89. The summed E-state index contributed by atoms with van der Waals surface area (Å²) in [5, 5.41) is 0. The van der Waals surface area contributed by atoms with Gasteiger partial charge in [-0.25, -0.2) is 0 Å². The molecule has 0 aromatic carbocycles. The molecule has 1 nitrogen and oxygen atoms in total. The van der Waals surface area contributed by atoms with Crippen LogP contribution in [0.2, 0.25) is 0 Å². The third-order valence-corrected chi connectivity index (χ3v) is 3.92. The van der Waals surface area contributed by atoms with Crippen molar-refractivity contribution in [3.8, 4) is 0 Å². The standard InChI is InChI=1S/C10H15N/c11-10-5-7-2-1-6-3-8(7)9(10)4-6/h2,6,8-10H,1,3-5,11H2. The lowest BCUT2D eigenvalue weighted by atomic mass is 9.89. The van der Waals surface area contributed by atoms with Gasteiger partial charge in [0.15, 0.2) is 0 Å². The number of nitrogens with two attached hydrogens (primary N) is 1. The van der Waals surface area contributed by atoms with Gasteiger partial charge in [-0.05, 0) is 43.4 Å². The second-order valence-electron chi connectivity index (χ2n) is 4.49. The molecule has 0 radical (unpaired) electrons. The van der Waals surface area contributed by atoms with Crippen LogP contribution in [0.1, 0.15) is 25.7 Å². The molecule has 0 aliphatic heterocycles. The molecule has 2 bridgehead atoms. The first-order chi connectivity index (χ1) is 5.34. The van der Waals surface area contributed by atoms with E-state index in [1.807, 2.05) is 0 Å². The molecule has 0 spiro atoms. The van der Waals surface area contributed by atoms with E-state index in [0.717, 1.165) is 17.8 Å². The Balaban J connectivity index is 2.04. The summed E-state index contributed by atoms with van der Waals surface area (Å²) in [6.07, 6.45) is 7.93. The van der Waals surface area contributed by atoms with E-state index in [0.29, 0.717) is 6.04 Å². The highest BCUT2D eigenvalue weighted by molar-refractivity contribution is 5.24. The van der Waals surface area contributed by atoms with Gasteiger partial charge < -0.3 is 5.73 Å². The molecule has 4 atom stereocenters. The van der Waals surface area contributed by atoms with Crippen LogP contribution in [0.25, 0.3) is 0 Å². The summed E-state index contributed by atoms with van der Waals surface area (Å²) in [6.45, 7) is 0. The summed E-state index contributed by atoms with van der Waals surface area (Å²) in [5.41, 5.74) is 7.77. The molecule has 2 saturated carbocycles. The Bertz CT molecular complexity index is 219. The predicted octanol–water partition coefficient (Wildman–Crippen LogP) is 1.69. The molecule has 0 aromatic rings. The Kier molecular flexibility index (Phi) is 1.07. The molecule has 2 fully saturated rings. The Morgan fingerprint density at radius 3 is 3.18 bits per heavy atom. The smallest absolute Gasteiger partial charge is 0.0110 e. The van der Waals surface area contributed by atoms with Crippen LogP contribution in [0.3, 0.4) is 0 Å². The van der Waals surface area contributed by atoms with Gasteiger partial charge in [-0.3, -0.25) is 0 Å². The highest BCUT2D eigenvalue weighted by atomic mass is 14.7. The summed E-state index contributed by atoms with van der Waals surface area (Å²) in [6, 6.07) is 0.511. The zero-order chi connectivity index (χ0) is 7.42. The molecular weight excluding hydrogens is 134 g/mol. The minimum Gasteiger partial charge on any atom is -0.327 e. The van der Waals surface area contributed by atoms with E-state index < -0.39 is 0 Å². The van der Waals surface area contributed by atoms with E-state index in [-0.39, 0.29) is 0 Å². The van der Waals surface area contributed by atoms with Crippen molar-refractivity contribution in [2.24, 2.45) is 23.5 Å². The molecule has 0 saturated heterocycles. The van der Waals surface area contributed by atoms with Gasteiger partial charge in [0.1, 0.15) is 0 Å². The SMILES string of the molecule is NC1CC2=CCC3CC2C1C3. The first-order valence-electron chi connectivity index (χ1n) is 4.79. The van der Waals surface area contributed by atoms with Gasteiger partial charge in [0.25, 0.3) is 0 Å². The maximum Gasteiger partial charge on any atom is 0.0110 e. The van der Waals surface area contributed by atoms with Crippen molar-refractivity contribution in [2.45, 2.75) is 31.7 Å². The van der Waals surface area contributed by atoms with Gasteiger partial charge in [-0.1, -0.05) is 11.6 Å². The lowest BCUT2D eigenvalue weighted by molar-refractivity contribution is 0.427. The minimum absolute atomic E-state index is 0.511. The number of hydrogen-bond acceptors (Lipinski definition) is 1. The fraction of sp³-hybridized carbons (Fsp3) is 0.800. The van der Waals surface area contributed by atoms with Crippen molar-refractivity contribution >= 4 is 0 Å². The Hall–Kier alpha value is -0.300. The van der Waals surface area contributed by atoms with Crippen LogP contribution >= 0.6 is 0 Å². The van der Waals surface area contributed by atoms with Crippen LogP contribution in [0.4, 0.5) is 0 Å². The fourth-order valence-electron chi connectivity index (χ4n) is 3.40. The monoisotopic (exact) mass is 149 g/mol. The van der Waals surface area contributed by atoms with Gasteiger partial charge >= 0.3 is 0 Å². The lowest BCUT2D eigenvalue weighted by Gasteiger charge is -2.16. The number of allylic oxidation sites excluding steroid dienone is 1. The Labute approximate surface area is 67.7 Å². The van der Waals surface area contributed by atoms with Crippen molar-refractivity contribution in [3.63, 3.8) is 0 Å².